The van der Waals surface area contributed by atoms with Gasteiger partial charge in [0.25, 0.3) is 0 Å². The van der Waals surface area contributed by atoms with E-state index >= 15 is 0 Å². The largest absolute Gasteiger partial charge is 0.459 e. The third-order valence-electron chi connectivity index (χ3n) is 3.66. The molecule has 2 aromatic rings. The van der Waals surface area contributed by atoms with Crippen LogP contribution in [0.1, 0.15) is 18.7 Å². The van der Waals surface area contributed by atoms with Crippen molar-refractivity contribution in [1.82, 2.24) is 15.1 Å². The van der Waals surface area contributed by atoms with Crippen molar-refractivity contribution in [2.24, 2.45) is 0 Å². The Labute approximate surface area is 127 Å². The number of hydrogen-bond donors (Lipinski definition) is 1. The van der Waals surface area contributed by atoms with E-state index in [-0.39, 0.29) is 6.04 Å². The molecule has 21 heavy (non-hydrogen) atoms. The van der Waals surface area contributed by atoms with Gasteiger partial charge in [-0.1, -0.05) is 25.1 Å². The number of hydrogen-bond acceptors (Lipinski definition) is 4. The molecule has 1 aromatic carbocycles. The standard InChI is InChI=1S/C17H27N3O/c1-5-18-15(13-20(4)11-10-19(2)3)17-12-14-8-6-7-9-16(14)21-17/h6-9,12,15,18H,5,10-11,13H2,1-4H3. The van der Waals surface area contributed by atoms with Gasteiger partial charge in [-0.15, -0.1) is 0 Å². The summed E-state index contributed by atoms with van der Waals surface area (Å²) in [6.45, 7) is 6.13. The summed E-state index contributed by atoms with van der Waals surface area (Å²) in [6, 6.07) is 10.6. The van der Waals surface area contributed by atoms with Gasteiger partial charge < -0.3 is 19.5 Å². The summed E-state index contributed by atoms with van der Waals surface area (Å²) in [5.74, 6) is 1.02. The third kappa shape index (κ3) is 4.56. The number of para-hydroxylation sites is 1. The Morgan fingerprint density at radius 3 is 2.57 bits per heavy atom. The molecule has 1 heterocycles. The van der Waals surface area contributed by atoms with Gasteiger partial charge in [-0.25, -0.2) is 0 Å². The molecular formula is C17H27N3O. The van der Waals surface area contributed by atoms with Crippen LogP contribution in [0.3, 0.4) is 0 Å². The molecule has 1 unspecified atom stereocenters. The summed E-state index contributed by atoms with van der Waals surface area (Å²) in [7, 11) is 6.38. The second kappa shape index (κ2) is 7.59. The Balaban J connectivity index is 2.07. The SMILES string of the molecule is CCNC(CN(C)CCN(C)C)c1cc2ccccc2o1. The molecule has 0 aliphatic carbocycles. The van der Waals surface area contributed by atoms with E-state index in [0.29, 0.717) is 0 Å². The number of benzene rings is 1. The highest BCUT2D eigenvalue weighted by atomic mass is 16.3. The monoisotopic (exact) mass is 289 g/mol. The first-order chi connectivity index (χ1) is 10.1. The van der Waals surface area contributed by atoms with Gasteiger partial charge in [0.05, 0.1) is 6.04 Å². The third-order valence-corrected chi connectivity index (χ3v) is 3.66. The molecule has 0 saturated carbocycles. The van der Waals surface area contributed by atoms with E-state index in [1.54, 1.807) is 0 Å². The summed E-state index contributed by atoms with van der Waals surface area (Å²) < 4.78 is 6.01. The topological polar surface area (TPSA) is 31.6 Å². The minimum atomic E-state index is 0.231. The van der Waals surface area contributed by atoms with Crippen molar-refractivity contribution < 1.29 is 4.42 Å². The highest BCUT2D eigenvalue weighted by Gasteiger charge is 2.17. The number of furan rings is 1. The first kappa shape index (κ1) is 16.0. The fourth-order valence-electron chi connectivity index (χ4n) is 2.45. The lowest BCUT2D eigenvalue weighted by Gasteiger charge is -2.24. The number of nitrogens with zero attached hydrogens (tertiary/aromatic N) is 2. The van der Waals surface area contributed by atoms with Crippen molar-refractivity contribution >= 4 is 11.0 Å². The molecule has 0 aliphatic rings. The highest BCUT2D eigenvalue weighted by molar-refractivity contribution is 5.77. The lowest BCUT2D eigenvalue weighted by Crippen LogP contribution is -2.36. The van der Waals surface area contributed by atoms with Crippen LogP contribution >= 0.6 is 0 Å². The summed E-state index contributed by atoms with van der Waals surface area (Å²) in [6.07, 6.45) is 0. The summed E-state index contributed by atoms with van der Waals surface area (Å²) in [4.78, 5) is 4.56. The van der Waals surface area contributed by atoms with E-state index in [1.165, 1.54) is 5.39 Å². The van der Waals surface area contributed by atoms with Gasteiger partial charge in [0.2, 0.25) is 0 Å². The van der Waals surface area contributed by atoms with Crippen LogP contribution in [-0.2, 0) is 0 Å². The van der Waals surface area contributed by atoms with Crippen LogP contribution in [0.2, 0.25) is 0 Å². The Morgan fingerprint density at radius 2 is 1.90 bits per heavy atom. The molecule has 2 rings (SSSR count). The minimum Gasteiger partial charge on any atom is -0.459 e. The predicted molar refractivity (Wildman–Crippen MR) is 88.7 cm³/mol. The molecule has 4 heteroatoms. The van der Waals surface area contributed by atoms with E-state index < -0.39 is 0 Å². The number of likely N-dealkylation sites (N-methyl/N-ethyl adjacent to an activating group) is 3. The Bertz CT molecular complexity index is 517. The maximum Gasteiger partial charge on any atom is 0.134 e. The van der Waals surface area contributed by atoms with Gasteiger partial charge in [-0.2, -0.15) is 0 Å². The zero-order valence-electron chi connectivity index (χ0n) is 13.6. The van der Waals surface area contributed by atoms with E-state index in [2.05, 4.69) is 55.3 Å². The first-order valence-corrected chi connectivity index (χ1v) is 7.65. The highest BCUT2D eigenvalue weighted by Crippen LogP contribution is 2.24. The van der Waals surface area contributed by atoms with Crippen molar-refractivity contribution in [1.29, 1.82) is 0 Å². The maximum atomic E-state index is 6.01. The summed E-state index contributed by atoms with van der Waals surface area (Å²) >= 11 is 0. The van der Waals surface area contributed by atoms with Crippen molar-refractivity contribution in [3.8, 4) is 0 Å². The van der Waals surface area contributed by atoms with Crippen molar-refractivity contribution in [3.63, 3.8) is 0 Å². The van der Waals surface area contributed by atoms with Gasteiger partial charge in [0.1, 0.15) is 11.3 Å². The Hall–Kier alpha value is -1.36. The van der Waals surface area contributed by atoms with E-state index in [4.69, 9.17) is 4.42 Å². The minimum absolute atomic E-state index is 0.231. The molecule has 0 spiro atoms. The summed E-state index contributed by atoms with van der Waals surface area (Å²) in [5.41, 5.74) is 0.964. The van der Waals surface area contributed by atoms with Crippen LogP contribution in [0.4, 0.5) is 0 Å². The van der Waals surface area contributed by atoms with Crippen LogP contribution in [0.25, 0.3) is 11.0 Å². The molecule has 0 aliphatic heterocycles. The van der Waals surface area contributed by atoms with E-state index in [0.717, 1.165) is 37.5 Å². The zero-order chi connectivity index (χ0) is 15.2. The van der Waals surface area contributed by atoms with Crippen LogP contribution in [0.15, 0.2) is 34.7 Å². The lowest BCUT2D eigenvalue weighted by atomic mass is 10.2. The maximum absolute atomic E-state index is 6.01. The molecule has 0 fully saturated rings. The molecule has 0 saturated heterocycles. The Kier molecular flexibility index (Phi) is 5.79. The number of nitrogens with one attached hydrogen (secondary N) is 1. The predicted octanol–water partition coefficient (Wildman–Crippen LogP) is 2.58. The van der Waals surface area contributed by atoms with Crippen LogP contribution in [-0.4, -0.2) is 57.1 Å². The zero-order valence-corrected chi connectivity index (χ0v) is 13.6. The normalized spacial score (nSPS) is 13.4. The van der Waals surface area contributed by atoms with Crippen LogP contribution < -0.4 is 5.32 Å². The molecule has 0 bridgehead atoms. The molecule has 1 atom stereocenters. The molecule has 1 aromatic heterocycles. The quantitative estimate of drug-likeness (QED) is 0.809. The van der Waals surface area contributed by atoms with Crippen molar-refractivity contribution in [2.75, 3.05) is 47.3 Å². The average Bonchev–Trinajstić information content (AvgIpc) is 2.88. The molecule has 4 nitrogen and oxygen atoms in total. The smallest absolute Gasteiger partial charge is 0.134 e. The molecule has 0 radical (unpaired) electrons. The molecular weight excluding hydrogens is 262 g/mol. The van der Waals surface area contributed by atoms with Crippen molar-refractivity contribution in [3.05, 3.63) is 36.1 Å². The van der Waals surface area contributed by atoms with E-state index in [1.807, 2.05) is 18.2 Å². The van der Waals surface area contributed by atoms with Gasteiger partial charge in [0.15, 0.2) is 0 Å². The van der Waals surface area contributed by atoms with Crippen LogP contribution in [0, 0.1) is 0 Å². The fourth-order valence-corrected chi connectivity index (χ4v) is 2.45. The van der Waals surface area contributed by atoms with Gasteiger partial charge >= 0.3 is 0 Å². The second-order valence-corrected chi connectivity index (χ2v) is 5.86. The fraction of sp³-hybridized carbons (Fsp3) is 0.529. The second-order valence-electron chi connectivity index (χ2n) is 5.86. The Morgan fingerprint density at radius 1 is 1.14 bits per heavy atom. The van der Waals surface area contributed by atoms with E-state index in [9.17, 15) is 0 Å². The van der Waals surface area contributed by atoms with Gasteiger partial charge in [0, 0.05) is 25.0 Å². The molecule has 1 N–H and O–H groups in total. The summed E-state index contributed by atoms with van der Waals surface area (Å²) in [5, 5.41) is 4.70. The number of fused-ring (bicyclic) bond motifs is 1. The van der Waals surface area contributed by atoms with Crippen molar-refractivity contribution in [2.45, 2.75) is 13.0 Å². The average molecular weight is 289 g/mol. The molecule has 0 amide bonds. The van der Waals surface area contributed by atoms with Gasteiger partial charge in [-0.05, 0) is 39.8 Å². The lowest BCUT2D eigenvalue weighted by molar-refractivity contribution is 0.247. The van der Waals surface area contributed by atoms with Gasteiger partial charge in [-0.3, -0.25) is 0 Å². The number of rotatable bonds is 8. The molecule has 116 valence electrons. The van der Waals surface area contributed by atoms with Crippen LogP contribution in [0.5, 0.6) is 0 Å². The first-order valence-electron chi connectivity index (χ1n) is 7.65.